The lowest BCUT2D eigenvalue weighted by Crippen LogP contribution is -2.02. The summed E-state index contributed by atoms with van der Waals surface area (Å²) in [5.41, 5.74) is 2.27. The number of benzene rings is 2. The van der Waals surface area contributed by atoms with Gasteiger partial charge in [0, 0.05) is 22.5 Å². The number of pyridine rings is 1. The van der Waals surface area contributed by atoms with Gasteiger partial charge in [0.2, 0.25) is 0 Å². The van der Waals surface area contributed by atoms with Crippen LogP contribution in [0.4, 0.5) is 0 Å². The highest BCUT2D eigenvalue weighted by Gasteiger charge is 2.09. The van der Waals surface area contributed by atoms with Crippen LogP contribution in [0.15, 0.2) is 77.7 Å². The van der Waals surface area contributed by atoms with Crippen molar-refractivity contribution >= 4 is 27.6 Å². The van der Waals surface area contributed by atoms with E-state index < -0.39 is 5.97 Å². The maximum absolute atomic E-state index is 13.0. The van der Waals surface area contributed by atoms with Crippen molar-refractivity contribution in [2.24, 2.45) is 0 Å². The van der Waals surface area contributed by atoms with Gasteiger partial charge >= 0.3 is 5.97 Å². The van der Waals surface area contributed by atoms with Crippen molar-refractivity contribution in [2.45, 2.75) is 0 Å². The Morgan fingerprint density at radius 3 is 2.36 bits per heavy atom. The molecule has 0 amide bonds. The molecular formula is C21H13NO3. The number of aromatic carboxylic acids is 1. The van der Waals surface area contributed by atoms with E-state index in [1.165, 1.54) is 12.1 Å². The minimum Gasteiger partial charge on any atom is -0.478 e. The number of fused-ring (bicyclic) bond motifs is 2. The quantitative estimate of drug-likeness (QED) is 0.601. The molecule has 4 nitrogen and oxygen atoms in total. The summed E-state index contributed by atoms with van der Waals surface area (Å²) in [5.74, 6) is -1.06. The van der Waals surface area contributed by atoms with Crippen molar-refractivity contribution in [2.75, 3.05) is 0 Å². The van der Waals surface area contributed by atoms with Gasteiger partial charge in [-0.1, -0.05) is 42.5 Å². The zero-order valence-corrected chi connectivity index (χ0v) is 13.1. The molecule has 25 heavy (non-hydrogen) atoms. The normalized spacial score (nSPS) is 10.9. The van der Waals surface area contributed by atoms with Crippen LogP contribution in [0.3, 0.4) is 0 Å². The van der Waals surface area contributed by atoms with Crippen LogP contribution < -0.4 is 5.43 Å². The molecule has 0 unspecified atom stereocenters. The summed E-state index contributed by atoms with van der Waals surface area (Å²) >= 11 is 0. The molecule has 0 saturated carbocycles. The summed E-state index contributed by atoms with van der Waals surface area (Å²) < 4.78 is 0. The number of hydrogen-bond acceptors (Lipinski definition) is 3. The Hall–Kier alpha value is -3.53. The van der Waals surface area contributed by atoms with Crippen LogP contribution in [0.5, 0.6) is 0 Å². The van der Waals surface area contributed by atoms with Crippen LogP contribution in [0, 0.1) is 0 Å². The highest BCUT2D eigenvalue weighted by molar-refractivity contribution is 5.97. The Kier molecular flexibility index (Phi) is 3.51. The largest absolute Gasteiger partial charge is 0.478 e. The highest BCUT2D eigenvalue weighted by atomic mass is 16.4. The first-order valence-corrected chi connectivity index (χ1v) is 7.79. The zero-order valence-electron chi connectivity index (χ0n) is 13.1. The number of aromatic nitrogens is 1. The Balaban J connectivity index is 2.07. The van der Waals surface area contributed by atoms with E-state index in [-0.39, 0.29) is 11.0 Å². The van der Waals surface area contributed by atoms with Gasteiger partial charge in [-0.05, 0) is 35.2 Å². The lowest BCUT2D eigenvalue weighted by Gasteiger charge is -2.01. The first kappa shape index (κ1) is 15.0. The van der Waals surface area contributed by atoms with Gasteiger partial charge < -0.3 is 5.11 Å². The second kappa shape index (κ2) is 5.83. The number of carboxylic acids is 1. The molecule has 1 heterocycles. The Morgan fingerprint density at radius 1 is 0.840 bits per heavy atom. The third-order valence-electron chi connectivity index (χ3n) is 4.24. The molecule has 120 valence electrons. The molecule has 4 rings (SSSR count). The lowest BCUT2D eigenvalue weighted by atomic mass is 10.1. The van der Waals surface area contributed by atoms with Gasteiger partial charge in [0.25, 0.3) is 0 Å². The summed E-state index contributed by atoms with van der Waals surface area (Å²) in [7, 11) is 0. The van der Waals surface area contributed by atoms with E-state index in [9.17, 15) is 14.7 Å². The van der Waals surface area contributed by atoms with Crippen molar-refractivity contribution < 1.29 is 9.90 Å². The van der Waals surface area contributed by atoms with E-state index in [4.69, 9.17) is 0 Å². The fourth-order valence-electron chi connectivity index (χ4n) is 2.92. The first-order valence-electron chi connectivity index (χ1n) is 7.79. The van der Waals surface area contributed by atoms with Crippen LogP contribution in [-0.4, -0.2) is 16.1 Å². The number of rotatable bonds is 2. The summed E-state index contributed by atoms with van der Waals surface area (Å²) in [5, 5.41) is 10.7. The number of hydrogen-bond donors (Lipinski definition) is 1. The molecule has 1 aromatic heterocycles. The van der Waals surface area contributed by atoms with Gasteiger partial charge in [-0.25, -0.2) is 4.79 Å². The van der Waals surface area contributed by atoms with Crippen LogP contribution in [0.25, 0.3) is 32.8 Å². The lowest BCUT2D eigenvalue weighted by molar-refractivity contribution is 0.0697. The highest BCUT2D eigenvalue weighted by Crippen LogP contribution is 2.22. The first-order chi connectivity index (χ1) is 12.1. The van der Waals surface area contributed by atoms with Crippen LogP contribution in [0.1, 0.15) is 10.4 Å². The van der Waals surface area contributed by atoms with E-state index in [1.807, 2.05) is 36.4 Å². The molecule has 0 aliphatic carbocycles. The maximum atomic E-state index is 13.0. The molecule has 4 heteroatoms. The predicted octanol–water partition coefficient (Wildman–Crippen LogP) is 4.11. The third kappa shape index (κ3) is 2.64. The minimum absolute atomic E-state index is 0.0936. The minimum atomic E-state index is -1.06. The van der Waals surface area contributed by atoms with Gasteiger partial charge in [-0.2, -0.15) is 0 Å². The Bertz CT molecular complexity index is 1180. The van der Waals surface area contributed by atoms with E-state index in [1.54, 1.807) is 24.4 Å². The molecule has 0 fully saturated rings. The molecule has 4 aromatic rings. The second-order valence-corrected chi connectivity index (χ2v) is 5.79. The smallest absolute Gasteiger partial charge is 0.335 e. The Labute approximate surface area is 143 Å². The van der Waals surface area contributed by atoms with Crippen molar-refractivity contribution in [3.8, 4) is 11.1 Å². The summed E-state index contributed by atoms with van der Waals surface area (Å²) in [6.45, 7) is 0. The molecule has 0 spiro atoms. The molecule has 0 aliphatic heterocycles. The zero-order chi connectivity index (χ0) is 17.4. The molecule has 1 N–H and O–H groups in total. The van der Waals surface area contributed by atoms with Crippen molar-refractivity contribution in [3.05, 3.63) is 88.7 Å². The average Bonchev–Trinajstić information content (AvgIpc) is 2.79. The van der Waals surface area contributed by atoms with Crippen LogP contribution in [0.2, 0.25) is 0 Å². The van der Waals surface area contributed by atoms with Gasteiger partial charge in [0.05, 0.1) is 11.1 Å². The summed E-state index contributed by atoms with van der Waals surface area (Å²) in [6.07, 6.45) is 1.74. The summed E-state index contributed by atoms with van der Waals surface area (Å²) in [6, 6.07) is 19.7. The Morgan fingerprint density at radius 2 is 1.60 bits per heavy atom. The van der Waals surface area contributed by atoms with Crippen molar-refractivity contribution in [3.63, 3.8) is 0 Å². The van der Waals surface area contributed by atoms with E-state index in [2.05, 4.69) is 4.98 Å². The second-order valence-electron chi connectivity index (χ2n) is 5.79. The molecule has 0 bridgehead atoms. The predicted molar refractivity (Wildman–Crippen MR) is 97.9 cm³/mol. The SMILES string of the molecule is O=C(O)c1ccc2ccc3ncc(-c4ccccc4)cc3c(=O)c2c1. The van der Waals surface area contributed by atoms with Crippen molar-refractivity contribution in [1.82, 2.24) is 4.98 Å². The van der Waals surface area contributed by atoms with Gasteiger partial charge in [-0.3, -0.25) is 9.78 Å². The molecule has 0 saturated heterocycles. The fourth-order valence-corrected chi connectivity index (χ4v) is 2.92. The van der Waals surface area contributed by atoms with E-state index in [0.717, 1.165) is 11.1 Å². The van der Waals surface area contributed by atoms with Crippen LogP contribution in [-0.2, 0) is 0 Å². The standard InChI is InChI=1S/C21H13NO3/c23-20-17-10-15(21(24)25)7-6-14(17)8-9-19-18(20)11-16(12-22-19)13-4-2-1-3-5-13/h1-12H,(H,24,25). The average molecular weight is 327 g/mol. The van der Waals surface area contributed by atoms with Gasteiger partial charge in [0.1, 0.15) is 0 Å². The molecule has 0 aliphatic rings. The molecule has 3 aromatic carbocycles. The van der Waals surface area contributed by atoms with Gasteiger partial charge in [0.15, 0.2) is 5.43 Å². The third-order valence-corrected chi connectivity index (χ3v) is 4.24. The maximum Gasteiger partial charge on any atom is 0.335 e. The monoisotopic (exact) mass is 327 g/mol. The molecular weight excluding hydrogens is 314 g/mol. The topological polar surface area (TPSA) is 67.3 Å². The number of carbonyl (C=O) groups is 1. The van der Waals surface area contributed by atoms with Crippen molar-refractivity contribution in [1.29, 1.82) is 0 Å². The van der Waals surface area contributed by atoms with E-state index >= 15 is 0 Å². The van der Waals surface area contributed by atoms with Crippen LogP contribution >= 0.6 is 0 Å². The number of nitrogens with zero attached hydrogens (tertiary/aromatic N) is 1. The van der Waals surface area contributed by atoms with Gasteiger partial charge in [-0.15, -0.1) is 0 Å². The summed E-state index contributed by atoms with van der Waals surface area (Å²) in [4.78, 5) is 28.7. The molecule has 0 radical (unpaired) electrons. The molecule has 0 atom stereocenters. The number of carboxylic acid groups (broad SMARTS) is 1. The van der Waals surface area contributed by atoms with E-state index in [0.29, 0.717) is 21.7 Å². The fraction of sp³-hybridized carbons (Fsp3) is 0.